The van der Waals surface area contributed by atoms with E-state index in [0.29, 0.717) is 37.1 Å². The van der Waals surface area contributed by atoms with Crippen LogP contribution in [0.3, 0.4) is 0 Å². The van der Waals surface area contributed by atoms with Gasteiger partial charge in [-0.2, -0.15) is 4.31 Å². The van der Waals surface area contributed by atoms with E-state index in [-0.39, 0.29) is 0 Å². The topological polar surface area (TPSA) is 66.4 Å². The number of rotatable bonds is 4. The molecular formula is C16H17ClN4O2S. The highest BCUT2D eigenvalue weighted by molar-refractivity contribution is 7.92. The molecule has 2 aromatic rings. The second-order valence-corrected chi connectivity index (χ2v) is 7.59. The van der Waals surface area contributed by atoms with E-state index in [1.54, 1.807) is 48.8 Å². The van der Waals surface area contributed by atoms with Gasteiger partial charge in [-0.05, 0) is 29.8 Å². The van der Waals surface area contributed by atoms with Gasteiger partial charge in [0.05, 0.1) is 0 Å². The lowest BCUT2D eigenvalue weighted by atomic mass is 10.2. The molecule has 0 amide bonds. The van der Waals surface area contributed by atoms with Crippen LogP contribution in [0, 0.1) is 0 Å². The lowest BCUT2D eigenvalue weighted by Crippen LogP contribution is -2.48. The summed E-state index contributed by atoms with van der Waals surface area (Å²) in [5, 5.41) is 1.86. The predicted octanol–water partition coefficient (Wildman–Crippen LogP) is 2.25. The fourth-order valence-electron chi connectivity index (χ4n) is 2.42. The maximum atomic E-state index is 12.4. The minimum atomic E-state index is -3.44. The maximum Gasteiger partial charge on any atom is 0.236 e. The zero-order chi connectivity index (χ0) is 17.0. The monoisotopic (exact) mass is 364 g/mol. The summed E-state index contributed by atoms with van der Waals surface area (Å²) in [5.74, 6) is 0.631. The van der Waals surface area contributed by atoms with Crippen molar-refractivity contribution in [3.63, 3.8) is 0 Å². The van der Waals surface area contributed by atoms with E-state index in [1.807, 2.05) is 4.90 Å². The summed E-state index contributed by atoms with van der Waals surface area (Å²) in [6.45, 7) is 1.95. The number of halogens is 1. The van der Waals surface area contributed by atoms with Gasteiger partial charge in [0.1, 0.15) is 0 Å². The van der Waals surface area contributed by atoms with Crippen molar-refractivity contribution >= 4 is 33.6 Å². The standard InChI is InChI=1S/C16H17ClN4O2S/c17-15-4-2-14(3-5-15)6-13-24(22,23)21-11-9-20(10-12-21)16-18-7-1-8-19-16/h1-8,13H,9-12H2. The summed E-state index contributed by atoms with van der Waals surface area (Å²) >= 11 is 5.82. The average molecular weight is 365 g/mol. The molecule has 0 N–H and O–H groups in total. The SMILES string of the molecule is O=S(=O)(C=Cc1ccc(Cl)cc1)N1CCN(c2ncccn2)CC1. The zero-order valence-corrected chi connectivity index (χ0v) is 14.5. The summed E-state index contributed by atoms with van der Waals surface area (Å²) in [6.07, 6.45) is 4.94. The molecule has 1 aliphatic rings. The van der Waals surface area contributed by atoms with Crippen LogP contribution in [0.1, 0.15) is 5.56 Å². The molecule has 1 aliphatic heterocycles. The van der Waals surface area contributed by atoms with Gasteiger partial charge in [-0.1, -0.05) is 23.7 Å². The summed E-state index contributed by atoms with van der Waals surface area (Å²) in [6, 6.07) is 8.77. The average Bonchev–Trinajstić information content (AvgIpc) is 2.62. The van der Waals surface area contributed by atoms with Gasteiger partial charge in [0.25, 0.3) is 0 Å². The van der Waals surface area contributed by atoms with Crippen LogP contribution in [0.15, 0.2) is 48.1 Å². The van der Waals surface area contributed by atoms with Crippen LogP contribution in [0.25, 0.3) is 6.08 Å². The van der Waals surface area contributed by atoms with Crippen molar-refractivity contribution in [1.82, 2.24) is 14.3 Å². The molecule has 1 fully saturated rings. The van der Waals surface area contributed by atoms with E-state index in [4.69, 9.17) is 11.6 Å². The van der Waals surface area contributed by atoms with Crippen LogP contribution in [0.5, 0.6) is 0 Å². The molecule has 126 valence electrons. The van der Waals surface area contributed by atoms with Crippen molar-refractivity contribution in [2.45, 2.75) is 0 Å². The highest BCUT2D eigenvalue weighted by Crippen LogP contribution is 2.15. The molecule has 2 heterocycles. The van der Waals surface area contributed by atoms with Gasteiger partial charge >= 0.3 is 0 Å². The quantitative estimate of drug-likeness (QED) is 0.832. The number of anilines is 1. The number of aromatic nitrogens is 2. The molecule has 0 bridgehead atoms. The Morgan fingerprint density at radius 3 is 2.25 bits per heavy atom. The normalized spacial score (nSPS) is 16.6. The van der Waals surface area contributed by atoms with Crippen LogP contribution in [-0.4, -0.2) is 48.9 Å². The van der Waals surface area contributed by atoms with E-state index in [9.17, 15) is 8.42 Å². The van der Waals surface area contributed by atoms with Crippen molar-refractivity contribution < 1.29 is 8.42 Å². The lowest BCUT2D eigenvalue weighted by Gasteiger charge is -2.33. The van der Waals surface area contributed by atoms with E-state index < -0.39 is 10.0 Å². The zero-order valence-electron chi connectivity index (χ0n) is 12.9. The van der Waals surface area contributed by atoms with Crippen LogP contribution >= 0.6 is 11.6 Å². The number of sulfonamides is 1. The van der Waals surface area contributed by atoms with Crippen LogP contribution in [0.2, 0.25) is 5.02 Å². The van der Waals surface area contributed by atoms with E-state index in [0.717, 1.165) is 5.56 Å². The first-order chi connectivity index (χ1) is 11.5. The molecule has 24 heavy (non-hydrogen) atoms. The number of benzene rings is 1. The van der Waals surface area contributed by atoms with Gasteiger partial charge in [-0.3, -0.25) is 0 Å². The maximum absolute atomic E-state index is 12.4. The minimum absolute atomic E-state index is 0.408. The van der Waals surface area contributed by atoms with Crippen molar-refractivity contribution in [3.8, 4) is 0 Å². The molecule has 0 saturated carbocycles. The van der Waals surface area contributed by atoms with Crippen molar-refractivity contribution in [2.24, 2.45) is 0 Å². The molecule has 0 unspecified atom stereocenters. The number of hydrogen-bond acceptors (Lipinski definition) is 5. The molecule has 1 saturated heterocycles. The second kappa shape index (κ2) is 7.29. The van der Waals surface area contributed by atoms with E-state index in [1.165, 1.54) is 9.71 Å². The third-order valence-corrected chi connectivity index (χ3v) is 5.55. The van der Waals surface area contributed by atoms with Crippen LogP contribution in [-0.2, 0) is 10.0 Å². The Morgan fingerprint density at radius 1 is 1.00 bits per heavy atom. The molecule has 1 aromatic carbocycles. The van der Waals surface area contributed by atoms with Gasteiger partial charge in [0, 0.05) is 49.0 Å². The summed E-state index contributed by atoms with van der Waals surface area (Å²) < 4.78 is 26.3. The van der Waals surface area contributed by atoms with Crippen LogP contribution < -0.4 is 4.90 Å². The van der Waals surface area contributed by atoms with Crippen molar-refractivity contribution in [2.75, 3.05) is 31.1 Å². The van der Waals surface area contributed by atoms with Gasteiger partial charge < -0.3 is 4.90 Å². The summed E-state index contributed by atoms with van der Waals surface area (Å²) in [5.41, 5.74) is 0.791. The molecule has 0 aliphatic carbocycles. The molecule has 1 aromatic heterocycles. The fraction of sp³-hybridized carbons (Fsp3) is 0.250. The Morgan fingerprint density at radius 2 is 1.62 bits per heavy atom. The molecule has 8 heteroatoms. The molecular weight excluding hydrogens is 348 g/mol. The van der Waals surface area contributed by atoms with Gasteiger partial charge in [-0.25, -0.2) is 18.4 Å². The first-order valence-corrected chi connectivity index (χ1v) is 9.38. The molecule has 6 nitrogen and oxygen atoms in total. The second-order valence-electron chi connectivity index (χ2n) is 5.33. The van der Waals surface area contributed by atoms with E-state index >= 15 is 0 Å². The van der Waals surface area contributed by atoms with Crippen LogP contribution in [0.4, 0.5) is 5.95 Å². The van der Waals surface area contributed by atoms with Gasteiger partial charge in [-0.15, -0.1) is 0 Å². The van der Waals surface area contributed by atoms with Gasteiger partial charge in [0.2, 0.25) is 16.0 Å². The first-order valence-electron chi connectivity index (χ1n) is 7.50. The highest BCUT2D eigenvalue weighted by Gasteiger charge is 2.25. The lowest BCUT2D eigenvalue weighted by molar-refractivity contribution is 0.387. The fourth-order valence-corrected chi connectivity index (χ4v) is 3.72. The Kier molecular flexibility index (Phi) is 5.13. The minimum Gasteiger partial charge on any atom is -0.338 e. The van der Waals surface area contributed by atoms with E-state index in [2.05, 4.69) is 9.97 Å². The summed E-state index contributed by atoms with van der Waals surface area (Å²) in [4.78, 5) is 10.4. The molecule has 0 atom stereocenters. The summed E-state index contributed by atoms with van der Waals surface area (Å²) in [7, 11) is -3.44. The third kappa shape index (κ3) is 4.11. The largest absolute Gasteiger partial charge is 0.338 e. The Bertz CT molecular complexity index is 802. The van der Waals surface area contributed by atoms with Gasteiger partial charge in [0.15, 0.2) is 0 Å². The van der Waals surface area contributed by atoms with Crippen molar-refractivity contribution in [1.29, 1.82) is 0 Å². The smallest absolute Gasteiger partial charge is 0.236 e. The third-order valence-electron chi connectivity index (χ3n) is 3.74. The number of piperazine rings is 1. The first kappa shape index (κ1) is 16.9. The predicted molar refractivity (Wildman–Crippen MR) is 95.2 cm³/mol. The number of hydrogen-bond donors (Lipinski definition) is 0. The molecule has 0 spiro atoms. The Hall–Kier alpha value is -1.96. The number of nitrogens with zero attached hydrogens (tertiary/aromatic N) is 4. The Labute approximate surface area is 146 Å². The molecule has 3 rings (SSSR count). The molecule has 0 radical (unpaired) electrons. The highest BCUT2D eigenvalue weighted by atomic mass is 35.5. The van der Waals surface area contributed by atoms with Crippen molar-refractivity contribution in [3.05, 3.63) is 58.7 Å². The Balaban J connectivity index is 1.63.